The van der Waals surface area contributed by atoms with Crippen LogP contribution in [0, 0.1) is 10.1 Å². The van der Waals surface area contributed by atoms with Crippen LogP contribution in [0.5, 0.6) is 0 Å². The Morgan fingerprint density at radius 3 is 2.46 bits per heavy atom. The van der Waals surface area contributed by atoms with Crippen molar-refractivity contribution in [1.82, 2.24) is 4.90 Å². The van der Waals surface area contributed by atoms with E-state index in [2.05, 4.69) is 5.32 Å². The van der Waals surface area contributed by atoms with Crippen LogP contribution in [0.2, 0.25) is 0 Å². The smallest absolute Gasteiger partial charge is 0.284 e. The van der Waals surface area contributed by atoms with Gasteiger partial charge in [-0.05, 0) is 35.0 Å². The highest BCUT2D eigenvalue weighted by atomic mass is 32.2. The summed E-state index contributed by atoms with van der Waals surface area (Å²) in [4.78, 5) is 25.6. The van der Waals surface area contributed by atoms with Crippen LogP contribution in [-0.4, -0.2) is 34.1 Å². The molecule has 0 fully saturated rings. The molecule has 0 radical (unpaired) electrons. The number of benzene rings is 3. The number of carbonyl (C=O) groups is 1. The first-order chi connectivity index (χ1) is 13.3. The van der Waals surface area contributed by atoms with Gasteiger partial charge < -0.3 is 10.2 Å². The fourth-order valence-electron chi connectivity index (χ4n) is 2.54. The number of carbonyl (C=O) groups excluding carboxylic acids is 1. The highest BCUT2D eigenvalue weighted by Gasteiger charge is 2.20. The van der Waals surface area contributed by atoms with Gasteiger partial charge in [-0.3, -0.25) is 14.9 Å². The van der Waals surface area contributed by atoms with E-state index in [-0.39, 0.29) is 11.3 Å². The molecule has 3 rings (SSSR count). The van der Waals surface area contributed by atoms with Gasteiger partial charge in [-0.25, -0.2) is 0 Å². The minimum atomic E-state index is -0.507. The molecule has 0 saturated carbocycles. The van der Waals surface area contributed by atoms with Gasteiger partial charge >= 0.3 is 0 Å². The summed E-state index contributed by atoms with van der Waals surface area (Å²) in [6.45, 7) is 0. The van der Waals surface area contributed by atoms with Crippen LogP contribution in [0.1, 0.15) is 10.4 Å². The third-order valence-electron chi connectivity index (χ3n) is 3.99. The second kappa shape index (κ2) is 8.37. The Bertz CT molecular complexity index is 1080. The minimum Gasteiger partial charge on any atom is -0.363 e. The molecule has 0 aliphatic carbocycles. The summed E-state index contributed by atoms with van der Waals surface area (Å²) in [5.41, 5.74) is 0.680. The molecule has 1 amide bonds. The molecule has 0 atom stereocenters. The maximum absolute atomic E-state index is 12.6. The number of nitro benzene ring substituents is 1. The number of anilines is 1. The molecular weight excluding hydrogens is 394 g/mol. The lowest BCUT2D eigenvalue weighted by molar-refractivity contribution is -0.387. The van der Waals surface area contributed by atoms with Gasteiger partial charge in [-0.2, -0.15) is 0 Å². The lowest BCUT2D eigenvalue weighted by atomic mass is 10.1. The van der Waals surface area contributed by atoms with Gasteiger partial charge in [-0.15, -0.1) is 0 Å². The molecule has 0 aliphatic heterocycles. The number of rotatable bonds is 4. The number of fused-ring (bicyclic) bond motifs is 1. The van der Waals surface area contributed by atoms with Gasteiger partial charge in [0.15, 0.2) is 0 Å². The van der Waals surface area contributed by atoms with E-state index in [4.69, 9.17) is 12.2 Å². The standard InChI is InChI=1S/C20H17N3O3S2/c1-22(2)20(27)28-18-10-8-15(12-17(18)23(25)26)19(24)21-16-9-7-13-5-3-4-6-14(13)11-16/h3-12H,1-2H3,(H,21,24). The predicted octanol–water partition coefficient (Wildman–Crippen LogP) is 4.94. The van der Waals surface area contributed by atoms with Crippen molar-refractivity contribution in [1.29, 1.82) is 0 Å². The van der Waals surface area contributed by atoms with Crippen molar-refractivity contribution in [2.45, 2.75) is 4.90 Å². The van der Waals surface area contributed by atoms with Crippen molar-refractivity contribution in [2.24, 2.45) is 0 Å². The van der Waals surface area contributed by atoms with Gasteiger partial charge in [0.05, 0.1) is 9.82 Å². The Kier molecular flexibility index (Phi) is 5.91. The third kappa shape index (κ3) is 4.47. The Morgan fingerprint density at radius 1 is 1.07 bits per heavy atom. The molecule has 8 heteroatoms. The molecule has 142 valence electrons. The van der Waals surface area contributed by atoms with Crippen molar-refractivity contribution in [3.8, 4) is 0 Å². The number of hydrogen-bond donors (Lipinski definition) is 1. The number of nitrogens with zero attached hydrogens (tertiary/aromatic N) is 2. The molecule has 0 spiro atoms. The molecule has 6 nitrogen and oxygen atoms in total. The van der Waals surface area contributed by atoms with Crippen LogP contribution in [-0.2, 0) is 0 Å². The van der Waals surface area contributed by atoms with Crippen LogP contribution in [0.15, 0.2) is 65.6 Å². The summed E-state index contributed by atoms with van der Waals surface area (Å²) in [5, 5.41) is 16.3. The fraction of sp³-hybridized carbons (Fsp3) is 0.100. The van der Waals surface area contributed by atoms with Crippen LogP contribution in [0.4, 0.5) is 11.4 Å². The average molecular weight is 412 g/mol. The lowest BCUT2D eigenvalue weighted by Crippen LogP contribution is -2.16. The monoisotopic (exact) mass is 411 g/mol. The average Bonchev–Trinajstić information content (AvgIpc) is 2.67. The summed E-state index contributed by atoms with van der Waals surface area (Å²) in [6.07, 6.45) is 0. The van der Waals surface area contributed by atoms with E-state index >= 15 is 0 Å². The summed E-state index contributed by atoms with van der Waals surface area (Å²) in [5.74, 6) is -0.412. The highest BCUT2D eigenvalue weighted by molar-refractivity contribution is 8.23. The van der Waals surface area contributed by atoms with Crippen molar-refractivity contribution < 1.29 is 9.72 Å². The van der Waals surface area contributed by atoms with Gasteiger partial charge in [0.25, 0.3) is 11.6 Å². The zero-order chi connectivity index (χ0) is 20.3. The second-order valence-electron chi connectivity index (χ2n) is 6.22. The molecule has 0 aromatic heterocycles. The van der Waals surface area contributed by atoms with Crippen molar-refractivity contribution >= 4 is 56.4 Å². The van der Waals surface area contributed by atoms with E-state index in [9.17, 15) is 14.9 Å². The van der Waals surface area contributed by atoms with Crippen LogP contribution >= 0.6 is 24.0 Å². The van der Waals surface area contributed by atoms with E-state index in [0.29, 0.717) is 14.9 Å². The van der Waals surface area contributed by atoms with Gasteiger partial charge in [0.2, 0.25) is 0 Å². The maximum atomic E-state index is 12.6. The van der Waals surface area contributed by atoms with E-state index in [1.54, 1.807) is 37.2 Å². The van der Waals surface area contributed by atoms with Gasteiger partial charge in [-0.1, -0.05) is 54.3 Å². The van der Waals surface area contributed by atoms with Crippen molar-refractivity contribution in [2.75, 3.05) is 19.4 Å². The van der Waals surface area contributed by atoms with E-state index < -0.39 is 10.8 Å². The first-order valence-electron chi connectivity index (χ1n) is 8.33. The second-order valence-corrected chi connectivity index (χ2v) is 7.89. The van der Waals surface area contributed by atoms with E-state index in [1.807, 2.05) is 36.4 Å². The minimum absolute atomic E-state index is 0.152. The molecule has 1 N–H and O–H groups in total. The summed E-state index contributed by atoms with van der Waals surface area (Å²) < 4.78 is 0.497. The Labute approximate surface area is 171 Å². The Balaban J connectivity index is 1.85. The maximum Gasteiger partial charge on any atom is 0.284 e. The normalized spacial score (nSPS) is 10.5. The fourth-order valence-corrected chi connectivity index (χ4v) is 3.56. The molecule has 0 bridgehead atoms. The number of hydrogen-bond acceptors (Lipinski definition) is 5. The van der Waals surface area contributed by atoms with Gasteiger partial charge in [0, 0.05) is 31.4 Å². The molecule has 3 aromatic carbocycles. The predicted molar refractivity (Wildman–Crippen MR) is 117 cm³/mol. The quantitative estimate of drug-likeness (QED) is 0.284. The number of amides is 1. The lowest BCUT2D eigenvalue weighted by Gasteiger charge is -2.13. The summed E-state index contributed by atoms with van der Waals surface area (Å²) in [7, 11) is 3.54. The molecule has 0 heterocycles. The van der Waals surface area contributed by atoms with Gasteiger partial charge in [0.1, 0.15) is 4.32 Å². The molecule has 0 saturated heterocycles. The topological polar surface area (TPSA) is 75.5 Å². The largest absolute Gasteiger partial charge is 0.363 e. The van der Waals surface area contributed by atoms with Crippen LogP contribution in [0.25, 0.3) is 10.8 Å². The number of nitrogens with one attached hydrogen (secondary N) is 1. The van der Waals surface area contributed by atoms with Crippen molar-refractivity contribution in [3.05, 3.63) is 76.3 Å². The van der Waals surface area contributed by atoms with Crippen LogP contribution in [0.3, 0.4) is 0 Å². The number of thioether (sulfide) groups is 1. The summed E-state index contributed by atoms with van der Waals surface area (Å²) in [6, 6.07) is 17.8. The zero-order valence-electron chi connectivity index (χ0n) is 15.2. The van der Waals surface area contributed by atoms with E-state index in [1.165, 1.54) is 6.07 Å². The number of nitro groups is 1. The van der Waals surface area contributed by atoms with Crippen molar-refractivity contribution in [3.63, 3.8) is 0 Å². The first-order valence-corrected chi connectivity index (χ1v) is 9.55. The molecule has 0 unspecified atom stereocenters. The highest BCUT2D eigenvalue weighted by Crippen LogP contribution is 2.32. The molecular formula is C20H17N3O3S2. The molecule has 0 aliphatic rings. The third-order valence-corrected chi connectivity index (χ3v) is 5.71. The SMILES string of the molecule is CN(C)C(=S)Sc1ccc(C(=O)Nc2ccc3ccccc3c2)cc1[N+](=O)[O-]. The molecule has 28 heavy (non-hydrogen) atoms. The first kappa shape index (κ1) is 19.8. The Morgan fingerprint density at radius 2 is 1.79 bits per heavy atom. The van der Waals surface area contributed by atoms with E-state index in [0.717, 1.165) is 22.5 Å². The zero-order valence-corrected chi connectivity index (χ0v) is 16.8. The Hall–Kier alpha value is -2.97. The summed E-state index contributed by atoms with van der Waals surface area (Å²) >= 11 is 6.32. The number of thiocarbonyl (C=S) groups is 1. The molecule has 3 aromatic rings. The van der Waals surface area contributed by atoms with Crippen LogP contribution < -0.4 is 5.32 Å².